The molecule has 0 saturated carbocycles. The van der Waals surface area contributed by atoms with Gasteiger partial charge in [0.2, 0.25) is 0 Å². The van der Waals surface area contributed by atoms with Gasteiger partial charge in [-0.25, -0.2) is 9.83 Å². The molecule has 0 amide bonds. The van der Waals surface area contributed by atoms with Crippen molar-refractivity contribution in [1.29, 1.82) is 5.26 Å². The van der Waals surface area contributed by atoms with Gasteiger partial charge in [0.1, 0.15) is 17.5 Å². The minimum Gasteiger partial charge on any atom is -0.388 e. The predicted octanol–water partition coefficient (Wildman–Crippen LogP) is 3.53. The molecular formula is C16H16N4OS. The van der Waals surface area contributed by atoms with E-state index in [4.69, 9.17) is 11.8 Å². The number of aryl methyl sites for hydroxylation is 1. The van der Waals surface area contributed by atoms with Crippen molar-refractivity contribution in [2.45, 2.75) is 43.3 Å². The van der Waals surface area contributed by atoms with Crippen molar-refractivity contribution in [2.75, 3.05) is 0 Å². The second-order valence-corrected chi connectivity index (χ2v) is 5.64. The third kappa shape index (κ3) is 3.14. The lowest BCUT2D eigenvalue weighted by Gasteiger charge is -2.09. The van der Waals surface area contributed by atoms with Gasteiger partial charge in [-0.3, -0.25) is 0 Å². The number of nitrogens with zero attached hydrogens (tertiary/aromatic N) is 4. The summed E-state index contributed by atoms with van der Waals surface area (Å²) in [5.74, 6) is 0.642. The molecule has 112 valence electrons. The van der Waals surface area contributed by atoms with E-state index in [0.29, 0.717) is 23.6 Å². The van der Waals surface area contributed by atoms with Crippen molar-refractivity contribution < 1.29 is 5.11 Å². The molecule has 0 aliphatic carbocycles. The van der Waals surface area contributed by atoms with E-state index >= 15 is 0 Å². The smallest absolute Gasteiger partial charge is 0.189 e. The molecule has 22 heavy (non-hydrogen) atoms. The van der Waals surface area contributed by atoms with Gasteiger partial charge >= 0.3 is 0 Å². The fourth-order valence-electron chi connectivity index (χ4n) is 2.21. The van der Waals surface area contributed by atoms with Gasteiger partial charge in [-0.2, -0.15) is 5.26 Å². The van der Waals surface area contributed by atoms with Crippen LogP contribution in [0.1, 0.15) is 30.9 Å². The number of aliphatic hydroxyl groups excluding tert-OH is 1. The summed E-state index contributed by atoms with van der Waals surface area (Å²) in [6.07, 6.45) is 0.760. The third-order valence-corrected chi connectivity index (χ3v) is 4.34. The molecule has 0 aliphatic heterocycles. The van der Waals surface area contributed by atoms with Gasteiger partial charge in [0.25, 0.3) is 0 Å². The maximum absolute atomic E-state index is 9.44. The van der Waals surface area contributed by atoms with Crippen LogP contribution in [0.4, 0.5) is 5.69 Å². The molecule has 2 aromatic rings. The first-order chi connectivity index (χ1) is 10.7. The van der Waals surface area contributed by atoms with Gasteiger partial charge in [0, 0.05) is 17.0 Å². The fourth-order valence-corrected chi connectivity index (χ4v) is 3.45. The molecule has 1 heterocycles. The summed E-state index contributed by atoms with van der Waals surface area (Å²) in [5.41, 5.74) is 1.84. The van der Waals surface area contributed by atoms with Crippen LogP contribution in [0.15, 0.2) is 28.1 Å². The van der Waals surface area contributed by atoms with Crippen LogP contribution >= 0.6 is 11.8 Å². The molecule has 5 nitrogen and oxygen atoms in total. The zero-order chi connectivity index (χ0) is 16.1. The lowest BCUT2D eigenvalue weighted by molar-refractivity contribution is 0.264. The fraction of sp³-hybridized carbons (Fsp3) is 0.312. The maximum Gasteiger partial charge on any atom is 0.189 e. The van der Waals surface area contributed by atoms with Crippen molar-refractivity contribution in [2.24, 2.45) is 0 Å². The van der Waals surface area contributed by atoms with Gasteiger partial charge in [-0.05, 0) is 31.5 Å². The van der Waals surface area contributed by atoms with E-state index in [0.717, 1.165) is 22.0 Å². The van der Waals surface area contributed by atoms with E-state index in [-0.39, 0.29) is 6.61 Å². The summed E-state index contributed by atoms with van der Waals surface area (Å²) < 4.78 is 1.97. The Balaban J connectivity index is 2.49. The highest BCUT2D eigenvalue weighted by molar-refractivity contribution is 7.99. The number of benzene rings is 1. The first-order valence-corrected chi connectivity index (χ1v) is 7.78. The molecule has 1 aromatic carbocycles. The van der Waals surface area contributed by atoms with Crippen molar-refractivity contribution in [3.05, 3.63) is 46.7 Å². The predicted molar refractivity (Wildman–Crippen MR) is 84.7 cm³/mol. The molecule has 2 rings (SSSR count). The van der Waals surface area contributed by atoms with Crippen molar-refractivity contribution >= 4 is 17.4 Å². The van der Waals surface area contributed by atoms with Gasteiger partial charge in [-0.15, -0.1) is 0 Å². The Morgan fingerprint density at radius 3 is 2.73 bits per heavy atom. The van der Waals surface area contributed by atoms with E-state index < -0.39 is 0 Å². The molecule has 0 atom stereocenters. The van der Waals surface area contributed by atoms with E-state index in [1.165, 1.54) is 11.8 Å². The highest BCUT2D eigenvalue weighted by Crippen LogP contribution is 2.34. The van der Waals surface area contributed by atoms with Crippen molar-refractivity contribution in [3.63, 3.8) is 0 Å². The first kappa shape index (κ1) is 16.1. The Labute approximate surface area is 134 Å². The monoisotopic (exact) mass is 312 g/mol. The van der Waals surface area contributed by atoms with E-state index in [9.17, 15) is 5.11 Å². The average Bonchev–Trinajstić information content (AvgIpc) is 2.90. The second kappa shape index (κ2) is 7.13. The molecule has 0 bridgehead atoms. The average molecular weight is 312 g/mol. The number of imidazole rings is 1. The molecular weight excluding hydrogens is 296 g/mol. The first-order valence-electron chi connectivity index (χ1n) is 6.96. The molecule has 1 aromatic heterocycles. The van der Waals surface area contributed by atoms with Gasteiger partial charge < -0.3 is 9.67 Å². The van der Waals surface area contributed by atoms with Gasteiger partial charge in [-0.1, -0.05) is 18.7 Å². The molecule has 0 saturated heterocycles. The zero-order valence-electron chi connectivity index (χ0n) is 12.5. The van der Waals surface area contributed by atoms with E-state index in [1.807, 2.05) is 18.4 Å². The molecule has 0 spiro atoms. The minimum atomic E-state index is -0.104. The molecule has 1 N–H and O–H groups in total. The van der Waals surface area contributed by atoms with E-state index in [1.54, 1.807) is 18.2 Å². The van der Waals surface area contributed by atoms with Crippen LogP contribution in [0.25, 0.3) is 4.85 Å². The van der Waals surface area contributed by atoms with Crippen LogP contribution in [0, 0.1) is 17.9 Å². The highest BCUT2D eigenvalue weighted by atomic mass is 32.2. The van der Waals surface area contributed by atoms with Crippen molar-refractivity contribution in [3.8, 4) is 6.07 Å². The van der Waals surface area contributed by atoms with Crippen LogP contribution in [0.3, 0.4) is 0 Å². The highest BCUT2D eigenvalue weighted by Gasteiger charge is 2.16. The Bertz CT molecular complexity index is 735. The van der Waals surface area contributed by atoms with E-state index in [2.05, 4.69) is 15.9 Å². The number of hydrogen-bond acceptors (Lipinski definition) is 4. The second-order valence-electron chi connectivity index (χ2n) is 4.58. The quantitative estimate of drug-likeness (QED) is 0.858. The van der Waals surface area contributed by atoms with Crippen LogP contribution in [0.2, 0.25) is 0 Å². The number of aliphatic hydroxyl groups is 1. The number of aromatic nitrogens is 2. The molecule has 0 aliphatic rings. The molecule has 6 heteroatoms. The van der Waals surface area contributed by atoms with Crippen LogP contribution in [0.5, 0.6) is 0 Å². The Kier molecular flexibility index (Phi) is 5.21. The maximum atomic E-state index is 9.44. The number of nitriles is 1. The number of hydrogen-bond donors (Lipinski definition) is 1. The lowest BCUT2D eigenvalue weighted by Crippen LogP contribution is -2.02. The summed E-state index contributed by atoms with van der Waals surface area (Å²) in [6, 6.07) is 7.20. The Hall–Kier alpha value is -2.28. The summed E-state index contributed by atoms with van der Waals surface area (Å²) in [5, 5.41) is 19.5. The lowest BCUT2D eigenvalue weighted by atomic mass is 10.2. The van der Waals surface area contributed by atoms with Gasteiger partial charge in [0.05, 0.1) is 18.3 Å². The standard InChI is InChI=1S/C16H16N4OS/c1-4-14-16(20(5-2)15(10-21)19-14)22-13-7-11(9-17)6-12(8-13)18-3/h6-8,21H,4-5,10H2,1-2H3. The number of rotatable bonds is 5. The molecule has 0 fully saturated rings. The minimum absolute atomic E-state index is 0.104. The largest absolute Gasteiger partial charge is 0.388 e. The normalized spacial score (nSPS) is 10.2. The molecule has 0 unspecified atom stereocenters. The summed E-state index contributed by atoms with van der Waals surface area (Å²) in [4.78, 5) is 8.71. The topological polar surface area (TPSA) is 66.2 Å². The van der Waals surface area contributed by atoms with Crippen LogP contribution < -0.4 is 0 Å². The summed E-state index contributed by atoms with van der Waals surface area (Å²) in [7, 11) is 0. The van der Waals surface area contributed by atoms with Gasteiger partial charge in [0.15, 0.2) is 5.69 Å². The van der Waals surface area contributed by atoms with Crippen molar-refractivity contribution in [1.82, 2.24) is 9.55 Å². The van der Waals surface area contributed by atoms with Crippen LogP contribution in [-0.2, 0) is 19.6 Å². The summed E-state index contributed by atoms with van der Waals surface area (Å²) >= 11 is 1.48. The third-order valence-electron chi connectivity index (χ3n) is 3.22. The van der Waals surface area contributed by atoms with Crippen LogP contribution in [-0.4, -0.2) is 14.7 Å². The Morgan fingerprint density at radius 2 is 2.18 bits per heavy atom. The Morgan fingerprint density at radius 1 is 1.41 bits per heavy atom. The molecule has 0 radical (unpaired) electrons. The zero-order valence-corrected chi connectivity index (χ0v) is 13.3. The SMILES string of the molecule is [C-]#[N+]c1cc(C#N)cc(Sc2c(CC)nc(CO)n2CC)c1. The summed E-state index contributed by atoms with van der Waals surface area (Å²) in [6.45, 7) is 11.8.